The van der Waals surface area contributed by atoms with Gasteiger partial charge in [0.1, 0.15) is 0 Å². The fourth-order valence-electron chi connectivity index (χ4n) is 2.59. The number of likely N-dealkylation sites (tertiary alicyclic amines) is 1. The second-order valence-electron chi connectivity index (χ2n) is 5.94. The van der Waals surface area contributed by atoms with Crippen LogP contribution in [0.5, 0.6) is 0 Å². The molecule has 0 amide bonds. The van der Waals surface area contributed by atoms with Crippen molar-refractivity contribution in [1.29, 1.82) is 0 Å². The zero-order valence-corrected chi connectivity index (χ0v) is 12.6. The molecule has 0 bridgehead atoms. The first-order valence-corrected chi connectivity index (χ1v) is 7.19. The predicted molar refractivity (Wildman–Crippen MR) is 77.5 cm³/mol. The van der Waals surface area contributed by atoms with Crippen LogP contribution in [0.25, 0.3) is 0 Å². The Bertz CT molecular complexity index is 278. The van der Waals surface area contributed by atoms with E-state index in [1.54, 1.807) is 7.11 Å². The van der Waals surface area contributed by atoms with Crippen molar-refractivity contribution in [2.24, 2.45) is 5.73 Å². The van der Waals surface area contributed by atoms with Crippen molar-refractivity contribution in [3.8, 4) is 0 Å². The Morgan fingerprint density at radius 3 is 2.39 bits per heavy atom. The lowest BCUT2D eigenvalue weighted by Crippen LogP contribution is -2.26. The minimum Gasteiger partial charge on any atom is -0.379 e. The van der Waals surface area contributed by atoms with E-state index in [-0.39, 0.29) is 5.60 Å². The van der Waals surface area contributed by atoms with Crippen molar-refractivity contribution in [2.75, 3.05) is 26.7 Å². The highest BCUT2D eigenvalue weighted by molar-refractivity contribution is 5.13. The highest BCUT2D eigenvalue weighted by Crippen LogP contribution is 2.23. The summed E-state index contributed by atoms with van der Waals surface area (Å²) in [7, 11) is 1.79. The van der Waals surface area contributed by atoms with Crippen LogP contribution in [0.2, 0.25) is 0 Å². The second kappa shape index (κ2) is 7.15. The van der Waals surface area contributed by atoms with E-state index in [0.717, 1.165) is 12.8 Å². The molecule has 0 aliphatic carbocycles. The number of nitrogens with zero attached hydrogens (tertiary/aromatic N) is 1. The lowest BCUT2D eigenvalue weighted by molar-refractivity contribution is 0.0140. The van der Waals surface area contributed by atoms with Crippen LogP contribution in [0.15, 0.2) is 11.3 Å². The molecule has 0 aromatic carbocycles. The van der Waals surface area contributed by atoms with Gasteiger partial charge in [-0.2, -0.15) is 0 Å². The predicted octanol–water partition coefficient (Wildman–Crippen LogP) is 2.91. The number of methoxy groups -OCH3 is 1. The van der Waals surface area contributed by atoms with Crippen molar-refractivity contribution in [1.82, 2.24) is 4.90 Å². The van der Waals surface area contributed by atoms with Crippen LogP contribution < -0.4 is 5.73 Å². The van der Waals surface area contributed by atoms with Crippen LogP contribution in [0.1, 0.15) is 52.9 Å². The summed E-state index contributed by atoms with van der Waals surface area (Å²) in [4.78, 5) is 2.47. The van der Waals surface area contributed by atoms with Crippen LogP contribution in [-0.2, 0) is 4.74 Å². The van der Waals surface area contributed by atoms with Crippen molar-refractivity contribution >= 4 is 0 Å². The van der Waals surface area contributed by atoms with Gasteiger partial charge >= 0.3 is 0 Å². The Morgan fingerprint density at radius 2 is 1.89 bits per heavy atom. The molecule has 3 heteroatoms. The lowest BCUT2D eigenvalue weighted by atomic mass is 9.98. The summed E-state index contributed by atoms with van der Waals surface area (Å²) < 4.78 is 5.45. The molecule has 106 valence electrons. The number of nitrogens with two attached hydrogens (primary N) is 1. The zero-order chi connectivity index (χ0) is 13.6. The first-order chi connectivity index (χ1) is 8.50. The fraction of sp³-hybridized carbons (Fsp3) is 0.867. The topological polar surface area (TPSA) is 38.5 Å². The molecule has 1 aliphatic rings. The van der Waals surface area contributed by atoms with Crippen LogP contribution in [-0.4, -0.2) is 37.2 Å². The van der Waals surface area contributed by atoms with Gasteiger partial charge in [0, 0.05) is 32.4 Å². The number of allylic oxidation sites excluding steroid dienone is 1. The van der Waals surface area contributed by atoms with Gasteiger partial charge in [-0.3, -0.25) is 0 Å². The molecule has 0 radical (unpaired) electrons. The molecule has 1 aliphatic heterocycles. The highest BCUT2D eigenvalue weighted by atomic mass is 16.5. The molecule has 1 heterocycles. The average Bonchev–Trinajstić information content (AvgIpc) is 2.83. The first kappa shape index (κ1) is 15.5. The molecule has 0 aromatic rings. The molecule has 2 N–H and O–H groups in total. The van der Waals surface area contributed by atoms with E-state index < -0.39 is 0 Å². The quantitative estimate of drug-likeness (QED) is 0.759. The van der Waals surface area contributed by atoms with Crippen molar-refractivity contribution in [2.45, 2.75) is 58.5 Å². The summed E-state index contributed by atoms with van der Waals surface area (Å²) in [5.41, 5.74) is 8.75. The Balaban J connectivity index is 2.47. The summed E-state index contributed by atoms with van der Waals surface area (Å²) in [5, 5.41) is 0. The largest absolute Gasteiger partial charge is 0.379 e. The van der Waals surface area contributed by atoms with Gasteiger partial charge in [-0.25, -0.2) is 0 Å². The standard InChI is InChI=1S/C15H30N2O/c1-13(8-7-9-15(2,3)18-4)14(12-16)17-10-5-6-11-17/h5-12,16H2,1-4H3. The van der Waals surface area contributed by atoms with E-state index in [2.05, 4.69) is 25.7 Å². The highest BCUT2D eigenvalue weighted by Gasteiger charge is 2.18. The van der Waals surface area contributed by atoms with Gasteiger partial charge in [0.05, 0.1) is 5.60 Å². The maximum atomic E-state index is 5.91. The average molecular weight is 254 g/mol. The molecule has 0 unspecified atom stereocenters. The number of hydrogen-bond acceptors (Lipinski definition) is 3. The number of ether oxygens (including phenoxy) is 1. The van der Waals surface area contributed by atoms with E-state index in [4.69, 9.17) is 10.5 Å². The van der Waals surface area contributed by atoms with Gasteiger partial charge in [0.15, 0.2) is 0 Å². The number of rotatable bonds is 7. The summed E-state index contributed by atoms with van der Waals surface area (Å²) in [6.45, 7) is 9.59. The van der Waals surface area contributed by atoms with Gasteiger partial charge in [0.25, 0.3) is 0 Å². The molecule has 0 aromatic heterocycles. The Hall–Kier alpha value is -0.540. The van der Waals surface area contributed by atoms with Gasteiger partial charge in [-0.05, 0) is 52.9 Å². The van der Waals surface area contributed by atoms with Gasteiger partial charge in [-0.1, -0.05) is 5.57 Å². The molecule has 1 saturated heterocycles. The van der Waals surface area contributed by atoms with Crippen molar-refractivity contribution in [3.63, 3.8) is 0 Å². The molecule has 0 atom stereocenters. The third-order valence-corrected chi connectivity index (χ3v) is 4.06. The molecule has 0 saturated carbocycles. The van der Waals surface area contributed by atoms with Crippen LogP contribution >= 0.6 is 0 Å². The SMILES string of the molecule is COC(C)(C)CCCC(C)=C(CN)N1CCCC1. The molecule has 3 nitrogen and oxygen atoms in total. The zero-order valence-electron chi connectivity index (χ0n) is 12.6. The monoisotopic (exact) mass is 254 g/mol. The molecule has 0 spiro atoms. The minimum absolute atomic E-state index is 0.00317. The number of hydrogen-bond donors (Lipinski definition) is 1. The smallest absolute Gasteiger partial charge is 0.0622 e. The molecule has 18 heavy (non-hydrogen) atoms. The molecular formula is C15H30N2O. The first-order valence-electron chi connectivity index (χ1n) is 7.19. The maximum Gasteiger partial charge on any atom is 0.0622 e. The van der Waals surface area contributed by atoms with E-state index >= 15 is 0 Å². The van der Waals surface area contributed by atoms with Crippen molar-refractivity contribution < 1.29 is 4.74 Å². The third kappa shape index (κ3) is 4.62. The molecule has 1 fully saturated rings. The van der Waals surface area contributed by atoms with Crippen LogP contribution in [0.4, 0.5) is 0 Å². The third-order valence-electron chi connectivity index (χ3n) is 4.06. The Morgan fingerprint density at radius 1 is 1.28 bits per heavy atom. The minimum atomic E-state index is -0.00317. The van der Waals surface area contributed by atoms with Crippen LogP contribution in [0.3, 0.4) is 0 Å². The van der Waals surface area contributed by atoms with Crippen LogP contribution in [0, 0.1) is 0 Å². The summed E-state index contributed by atoms with van der Waals surface area (Å²) >= 11 is 0. The summed E-state index contributed by atoms with van der Waals surface area (Å²) in [6.07, 6.45) is 6.03. The van der Waals surface area contributed by atoms with E-state index in [0.29, 0.717) is 6.54 Å². The Labute approximate surface area is 112 Å². The van der Waals surface area contributed by atoms with Crippen molar-refractivity contribution in [3.05, 3.63) is 11.3 Å². The lowest BCUT2D eigenvalue weighted by Gasteiger charge is -2.25. The van der Waals surface area contributed by atoms with E-state index in [1.807, 2.05) is 0 Å². The normalized spacial score (nSPS) is 18.2. The fourth-order valence-corrected chi connectivity index (χ4v) is 2.59. The Kier molecular flexibility index (Phi) is 6.16. The van der Waals surface area contributed by atoms with E-state index in [9.17, 15) is 0 Å². The van der Waals surface area contributed by atoms with Gasteiger partial charge in [-0.15, -0.1) is 0 Å². The molecular weight excluding hydrogens is 224 g/mol. The summed E-state index contributed by atoms with van der Waals surface area (Å²) in [6, 6.07) is 0. The van der Waals surface area contributed by atoms with Gasteiger partial charge in [0.2, 0.25) is 0 Å². The van der Waals surface area contributed by atoms with Gasteiger partial charge < -0.3 is 15.4 Å². The summed E-state index contributed by atoms with van der Waals surface area (Å²) in [5.74, 6) is 0. The second-order valence-corrected chi connectivity index (χ2v) is 5.94. The van der Waals surface area contributed by atoms with E-state index in [1.165, 1.54) is 43.6 Å². The maximum absolute atomic E-state index is 5.91. The molecule has 1 rings (SSSR count).